The average molecular weight is 287 g/mol. The van der Waals surface area contributed by atoms with Gasteiger partial charge in [0.25, 0.3) is 0 Å². The van der Waals surface area contributed by atoms with Gasteiger partial charge in [0, 0.05) is 27.1 Å². The Balaban J connectivity index is 2.06. The summed E-state index contributed by atoms with van der Waals surface area (Å²) in [4.78, 5) is 18.6. The van der Waals surface area contributed by atoms with E-state index in [2.05, 4.69) is 10.6 Å². The molecule has 0 N–H and O–H groups in total. The lowest BCUT2D eigenvalue weighted by Crippen LogP contribution is -2.30. The molecule has 0 spiro atoms. The van der Waals surface area contributed by atoms with Crippen molar-refractivity contribution in [3.63, 3.8) is 0 Å². The summed E-state index contributed by atoms with van der Waals surface area (Å²) in [6.45, 7) is 3.86. The molecule has 21 heavy (non-hydrogen) atoms. The lowest BCUT2D eigenvalue weighted by atomic mass is 10.2. The minimum absolute atomic E-state index is 0.0896. The molecule has 1 amide bonds. The van der Waals surface area contributed by atoms with Crippen LogP contribution in [0.25, 0.3) is 11.0 Å². The average Bonchev–Trinajstić information content (AvgIpc) is 3.09. The molecule has 1 saturated heterocycles. The molecule has 1 atom stereocenters. The van der Waals surface area contributed by atoms with Gasteiger partial charge in [0.2, 0.25) is 5.91 Å². The highest BCUT2D eigenvalue weighted by molar-refractivity contribution is 5.77. The Morgan fingerprint density at radius 3 is 3.00 bits per heavy atom. The van der Waals surface area contributed by atoms with Crippen LogP contribution >= 0.6 is 0 Å². The number of hydrogen-bond donors (Lipinski definition) is 0. The minimum Gasteiger partial charge on any atom is -0.383 e. The number of hydrogen-bond acceptors (Lipinski definition) is 3. The van der Waals surface area contributed by atoms with Gasteiger partial charge in [-0.1, -0.05) is 12.1 Å². The van der Waals surface area contributed by atoms with Crippen LogP contribution in [0.5, 0.6) is 0 Å². The van der Waals surface area contributed by atoms with Crippen molar-refractivity contribution in [3.8, 4) is 0 Å². The van der Waals surface area contributed by atoms with Crippen LogP contribution in [0, 0.1) is 0 Å². The van der Waals surface area contributed by atoms with Gasteiger partial charge in [-0.25, -0.2) is 4.98 Å². The predicted octanol–water partition coefficient (Wildman–Crippen LogP) is 2.37. The zero-order chi connectivity index (χ0) is 14.8. The number of aromatic nitrogens is 2. The summed E-state index contributed by atoms with van der Waals surface area (Å²) in [6, 6.07) is 8.21. The second-order valence-corrected chi connectivity index (χ2v) is 5.47. The maximum atomic E-state index is 11.8. The first-order valence-corrected chi connectivity index (χ1v) is 7.43. The van der Waals surface area contributed by atoms with Gasteiger partial charge in [0.15, 0.2) is 0 Å². The van der Waals surface area contributed by atoms with E-state index in [4.69, 9.17) is 9.72 Å². The van der Waals surface area contributed by atoms with E-state index in [0.717, 1.165) is 42.8 Å². The number of likely N-dealkylation sites (tertiary alicyclic amines) is 1. The highest BCUT2D eigenvalue weighted by atomic mass is 16.5. The quantitative estimate of drug-likeness (QED) is 0.867. The number of amides is 1. The first-order valence-electron chi connectivity index (χ1n) is 7.43. The van der Waals surface area contributed by atoms with Gasteiger partial charge < -0.3 is 14.2 Å². The summed E-state index contributed by atoms with van der Waals surface area (Å²) in [5, 5.41) is 0. The van der Waals surface area contributed by atoms with E-state index in [1.807, 2.05) is 23.1 Å². The molecule has 2 heterocycles. The maximum Gasteiger partial charge on any atom is 0.220 e. The Morgan fingerprint density at radius 2 is 2.24 bits per heavy atom. The number of imidazole rings is 1. The van der Waals surface area contributed by atoms with Crippen molar-refractivity contribution in [2.75, 3.05) is 20.3 Å². The molecule has 1 aliphatic rings. The summed E-state index contributed by atoms with van der Waals surface area (Å²) in [5.74, 6) is 1.11. The molecule has 0 radical (unpaired) electrons. The van der Waals surface area contributed by atoms with Gasteiger partial charge in [-0.15, -0.1) is 0 Å². The second-order valence-electron chi connectivity index (χ2n) is 5.47. The number of carbonyl (C=O) groups excluding carboxylic acids is 1. The number of para-hydroxylation sites is 2. The van der Waals surface area contributed by atoms with E-state index in [-0.39, 0.29) is 11.9 Å². The fourth-order valence-electron chi connectivity index (χ4n) is 3.18. The molecular formula is C16H21N3O2. The lowest BCUT2D eigenvalue weighted by Gasteiger charge is -2.23. The molecule has 0 bridgehead atoms. The van der Waals surface area contributed by atoms with Crippen molar-refractivity contribution >= 4 is 16.9 Å². The highest BCUT2D eigenvalue weighted by Crippen LogP contribution is 2.33. The fourth-order valence-corrected chi connectivity index (χ4v) is 3.18. The zero-order valence-corrected chi connectivity index (χ0v) is 12.6. The number of nitrogens with zero attached hydrogens (tertiary/aromatic N) is 3. The van der Waals surface area contributed by atoms with Crippen molar-refractivity contribution < 1.29 is 9.53 Å². The molecular weight excluding hydrogens is 266 g/mol. The maximum absolute atomic E-state index is 11.8. The van der Waals surface area contributed by atoms with Gasteiger partial charge in [-0.3, -0.25) is 4.79 Å². The third-order valence-electron chi connectivity index (χ3n) is 4.16. The largest absolute Gasteiger partial charge is 0.383 e. The third-order valence-corrected chi connectivity index (χ3v) is 4.16. The summed E-state index contributed by atoms with van der Waals surface area (Å²) in [5.41, 5.74) is 2.10. The van der Waals surface area contributed by atoms with E-state index in [1.165, 1.54) is 0 Å². The predicted molar refractivity (Wildman–Crippen MR) is 81.0 cm³/mol. The Morgan fingerprint density at radius 1 is 1.43 bits per heavy atom. The second kappa shape index (κ2) is 5.85. The molecule has 0 aliphatic carbocycles. The normalized spacial score (nSPS) is 18.6. The molecule has 1 aromatic heterocycles. The summed E-state index contributed by atoms with van der Waals surface area (Å²) < 4.78 is 7.43. The topological polar surface area (TPSA) is 47.4 Å². The number of ether oxygens (including phenoxy) is 1. The fraction of sp³-hybridized carbons (Fsp3) is 0.500. The molecule has 0 saturated carbocycles. The van der Waals surface area contributed by atoms with Crippen LogP contribution in [0.3, 0.4) is 0 Å². The number of carbonyl (C=O) groups is 1. The third kappa shape index (κ3) is 2.53. The Labute approximate surface area is 124 Å². The zero-order valence-electron chi connectivity index (χ0n) is 12.6. The standard InChI is InChI=1S/C16H21N3O2/c1-12(20)18-9-5-8-15(18)16-17-13-6-3-4-7-14(13)19(16)10-11-21-2/h3-4,6-7,15H,5,8-11H2,1-2H3. The smallest absolute Gasteiger partial charge is 0.220 e. The van der Waals surface area contributed by atoms with Gasteiger partial charge in [-0.05, 0) is 25.0 Å². The molecule has 1 aliphatic heterocycles. The van der Waals surface area contributed by atoms with Gasteiger partial charge in [0.05, 0.1) is 23.7 Å². The number of benzene rings is 1. The van der Waals surface area contributed by atoms with Crippen molar-refractivity contribution in [3.05, 3.63) is 30.1 Å². The lowest BCUT2D eigenvalue weighted by molar-refractivity contribution is -0.129. The molecule has 1 fully saturated rings. The molecule has 1 unspecified atom stereocenters. The van der Waals surface area contributed by atoms with Crippen molar-refractivity contribution in [2.45, 2.75) is 32.4 Å². The Kier molecular flexibility index (Phi) is 3.92. The number of rotatable bonds is 4. The SMILES string of the molecule is COCCn1c(C2CCCN2C(C)=O)nc2ccccc21. The van der Waals surface area contributed by atoms with E-state index < -0.39 is 0 Å². The van der Waals surface area contributed by atoms with Crippen LogP contribution in [0.4, 0.5) is 0 Å². The van der Waals surface area contributed by atoms with Crippen LogP contribution in [0.1, 0.15) is 31.6 Å². The summed E-state index contributed by atoms with van der Waals surface area (Å²) in [7, 11) is 1.70. The molecule has 112 valence electrons. The van der Waals surface area contributed by atoms with Gasteiger partial charge >= 0.3 is 0 Å². The number of fused-ring (bicyclic) bond motifs is 1. The van der Waals surface area contributed by atoms with E-state index >= 15 is 0 Å². The molecule has 5 heteroatoms. The highest BCUT2D eigenvalue weighted by Gasteiger charge is 2.31. The molecule has 5 nitrogen and oxygen atoms in total. The van der Waals surface area contributed by atoms with E-state index in [9.17, 15) is 4.79 Å². The van der Waals surface area contributed by atoms with E-state index in [0.29, 0.717) is 6.61 Å². The number of methoxy groups -OCH3 is 1. The molecule has 2 aromatic rings. The Hall–Kier alpha value is -1.88. The monoisotopic (exact) mass is 287 g/mol. The van der Waals surface area contributed by atoms with Gasteiger partial charge in [0.1, 0.15) is 5.82 Å². The van der Waals surface area contributed by atoms with Crippen LogP contribution < -0.4 is 0 Å². The molecule has 1 aromatic carbocycles. The van der Waals surface area contributed by atoms with Crippen LogP contribution in [0.2, 0.25) is 0 Å². The summed E-state index contributed by atoms with van der Waals surface area (Å²) in [6.07, 6.45) is 2.02. The van der Waals surface area contributed by atoms with E-state index in [1.54, 1.807) is 14.0 Å². The Bertz CT molecular complexity index is 650. The van der Waals surface area contributed by atoms with Crippen molar-refractivity contribution in [1.29, 1.82) is 0 Å². The van der Waals surface area contributed by atoms with Crippen molar-refractivity contribution in [1.82, 2.24) is 14.5 Å². The minimum atomic E-state index is 0.0896. The van der Waals surface area contributed by atoms with Gasteiger partial charge in [-0.2, -0.15) is 0 Å². The van der Waals surface area contributed by atoms with Crippen LogP contribution in [0.15, 0.2) is 24.3 Å². The van der Waals surface area contributed by atoms with Crippen LogP contribution in [-0.4, -0.2) is 40.6 Å². The first kappa shape index (κ1) is 14.1. The first-order chi connectivity index (χ1) is 10.2. The van der Waals surface area contributed by atoms with Crippen molar-refractivity contribution in [2.24, 2.45) is 0 Å². The summed E-state index contributed by atoms with van der Waals surface area (Å²) >= 11 is 0. The van der Waals surface area contributed by atoms with Crippen LogP contribution in [-0.2, 0) is 16.1 Å². The molecule has 3 rings (SSSR count).